The third-order valence-corrected chi connectivity index (χ3v) is 2.65. The van der Waals surface area contributed by atoms with Gasteiger partial charge in [-0.3, -0.25) is 4.79 Å². The van der Waals surface area contributed by atoms with E-state index >= 15 is 0 Å². The Kier molecular flexibility index (Phi) is 4.25. The number of amides is 1. The average molecular weight is 260 g/mol. The molecule has 100 valence electrons. The maximum absolute atomic E-state index is 11.8. The molecule has 1 atom stereocenters. The molecule has 0 radical (unpaired) electrons. The summed E-state index contributed by atoms with van der Waals surface area (Å²) in [6, 6.07) is 8.57. The number of hydrogen-bond donors (Lipinski definition) is 2. The van der Waals surface area contributed by atoms with E-state index in [1.165, 1.54) is 0 Å². The van der Waals surface area contributed by atoms with Crippen LogP contribution in [-0.2, 0) is 11.2 Å². The Hall–Kier alpha value is -2.21. The van der Waals surface area contributed by atoms with Gasteiger partial charge in [0.05, 0.1) is 0 Å². The fourth-order valence-electron chi connectivity index (χ4n) is 1.66. The van der Waals surface area contributed by atoms with Crippen LogP contribution in [0.1, 0.15) is 23.3 Å². The zero-order chi connectivity index (χ0) is 13.7. The maximum Gasteiger partial charge on any atom is 0.241 e. The van der Waals surface area contributed by atoms with Crippen LogP contribution in [0.25, 0.3) is 0 Å². The van der Waals surface area contributed by atoms with Crippen molar-refractivity contribution in [2.24, 2.45) is 5.73 Å². The summed E-state index contributed by atoms with van der Waals surface area (Å²) in [6.07, 6.45) is 0.494. The van der Waals surface area contributed by atoms with Crippen LogP contribution in [0, 0.1) is 6.92 Å². The molecule has 2 rings (SSSR count). The van der Waals surface area contributed by atoms with Gasteiger partial charge in [-0.1, -0.05) is 35.5 Å². The Balaban J connectivity index is 1.81. The van der Waals surface area contributed by atoms with Crippen LogP contribution < -0.4 is 11.1 Å². The van der Waals surface area contributed by atoms with Gasteiger partial charge in [0, 0.05) is 13.0 Å². The second kappa shape index (κ2) is 6.10. The fraction of sp³-hybridized carbons (Fsp3) is 0.308. The lowest BCUT2D eigenvalue weighted by Crippen LogP contribution is -2.35. The molecule has 1 aromatic carbocycles. The van der Waals surface area contributed by atoms with Crippen molar-refractivity contribution in [2.45, 2.75) is 19.4 Å². The molecule has 1 heterocycles. The van der Waals surface area contributed by atoms with Crippen molar-refractivity contribution >= 4 is 5.91 Å². The van der Waals surface area contributed by atoms with Crippen LogP contribution in [0.4, 0.5) is 0 Å². The van der Waals surface area contributed by atoms with E-state index in [0.717, 1.165) is 5.56 Å². The Bertz CT molecular complexity index is 539. The normalized spacial score (nSPS) is 12.1. The predicted molar refractivity (Wildman–Crippen MR) is 69.1 cm³/mol. The van der Waals surface area contributed by atoms with Gasteiger partial charge in [0.25, 0.3) is 0 Å². The quantitative estimate of drug-likeness (QED) is 0.826. The molecule has 0 bridgehead atoms. The van der Waals surface area contributed by atoms with Gasteiger partial charge in [0.2, 0.25) is 11.8 Å². The number of aromatic nitrogens is 2. The molecule has 0 aliphatic carbocycles. The Morgan fingerprint density at radius 3 is 2.79 bits per heavy atom. The first kappa shape index (κ1) is 13.2. The van der Waals surface area contributed by atoms with Gasteiger partial charge in [0.15, 0.2) is 5.82 Å². The van der Waals surface area contributed by atoms with E-state index in [1.54, 1.807) is 6.92 Å². The first-order valence-corrected chi connectivity index (χ1v) is 6.04. The standard InChI is InChI=1S/C13H16N4O2/c1-9-16-11(19-17-9)7-8-15-13(18)12(14)10-5-3-2-4-6-10/h2-6,12H,7-8,14H2,1H3,(H,15,18)/t12-/m0/s1. The van der Waals surface area contributed by atoms with E-state index in [2.05, 4.69) is 15.5 Å². The lowest BCUT2D eigenvalue weighted by molar-refractivity contribution is -0.122. The molecule has 0 aliphatic rings. The van der Waals surface area contributed by atoms with Crippen molar-refractivity contribution in [3.8, 4) is 0 Å². The summed E-state index contributed by atoms with van der Waals surface area (Å²) in [4.78, 5) is 15.9. The number of aryl methyl sites for hydroxylation is 1. The van der Waals surface area contributed by atoms with Crippen LogP contribution in [0.15, 0.2) is 34.9 Å². The highest BCUT2D eigenvalue weighted by molar-refractivity contribution is 5.82. The minimum atomic E-state index is -0.661. The van der Waals surface area contributed by atoms with Crippen molar-refractivity contribution in [2.75, 3.05) is 6.54 Å². The van der Waals surface area contributed by atoms with Gasteiger partial charge in [-0.25, -0.2) is 0 Å². The third-order valence-electron chi connectivity index (χ3n) is 2.65. The molecule has 2 aromatic rings. The number of rotatable bonds is 5. The van der Waals surface area contributed by atoms with Crippen LogP contribution >= 0.6 is 0 Å². The average Bonchev–Trinajstić information content (AvgIpc) is 2.84. The van der Waals surface area contributed by atoms with Gasteiger partial charge in [-0.15, -0.1) is 0 Å². The van der Waals surface area contributed by atoms with Crippen LogP contribution in [0.5, 0.6) is 0 Å². The summed E-state index contributed by atoms with van der Waals surface area (Å²) in [5.74, 6) is 0.871. The van der Waals surface area contributed by atoms with E-state index in [1.807, 2.05) is 30.3 Å². The largest absolute Gasteiger partial charge is 0.354 e. The predicted octanol–water partition coefficient (Wildman–Crippen LogP) is 0.737. The van der Waals surface area contributed by atoms with E-state index in [9.17, 15) is 4.79 Å². The molecule has 0 fully saturated rings. The SMILES string of the molecule is Cc1noc(CCNC(=O)[C@@H](N)c2ccccc2)n1. The Morgan fingerprint density at radius 1 is 1.42 bits per heavy atom. The van der Waals surface area contributed by atoms with Crippen molar-refractivity contribution in [3.63, 3.8) is 0 Å². The summed E-state index contributed by atoms with van der Waals surface area (Å²) in [5, 5.41) is 6.42. The molecule has 6 nitrogen and oxygen atoms in total. The Morgan fingerprint density at radius 2 is 2.16 bits per heavy atom. The lowest BCUT2D eigenvalue weighted by atomic mass is 10.1. The minimum Gasteiger partial charge on any atom is -0.354 e. The van der Waals surface area contributed by atoms with E-state index in [0.29, 0.717) is 24.7 Å². The first-order chi connectivity index (χ1) is 9.16. The summed E-state index contributed by atoms with van der Waals surface area (Å²) in [5.41, 5.74) is 6.64. The van der Waals surface area contributed by atoms with Crippen molar-refractivity contribution in [1.29, 1.82) is 0 Å². The fourth-order valence-corrected chi connectivity index (χ4v) is 1.66. The van der Waals surface area contributed by atoms with Gasteiger partial charge in [0.1, 0.15) is 6.04 Å². The molecule has 0 spiro atoms. The third kappa shape index (κ3) is 3.62. The maximum atomic E-state index is 11.8. The lowest BCUT2D eigenvalue weighted by Gasteiger charge is -2.11. The van der Waals surface area contributed by atoms with Crippen molar-refractivity contribution in [1.82, 2.24) is 15.5 Å². The second-order valence-corrected chi connectivity index (χ2v) is 4.16. The zero-order valence-electron chi connectivity index (χ0n) is 10.7. The monoisotopic (exact) mass is 260 g/mol. The van der Waals surface area contributed by atoms with Gasteiger partial charge in [-0.2, -0.15) is 4.98 Å². The number of nitrogens with one attached hydrogen (secondary N) is 1. The Labute approximate surface area is 111 Å². The summed E-state index contributed by atoms with van der Waals surface area (Å²) in [6.45, 7) is 2.16. The van der Waals surface area contributed by atoms with E-state index < -0.39 is 6.04 Å². The summed E-state index contributed by atoms with van der Waals surface area (Å²) < 4.78 is 4.95. The minimum absolute atomic E-state index is 0.220. The molecular weight excluding hydrogens is 244 g/mol. The number of benzene rings is 1. The molecule has 0 unspecified atom stereocenters. The molecule has 0 saturated carbocycles. The van der Waals surface area contributed by atoms with Crippen LogP contribution in [-0.4, -0.2) is 22.6 Å². The second-order valence-electron chi connectivity index (χ2n) is 4.16. The first-order valence-electron chi connectivity index (χ1n) is 6.04. The molecular formula is C13H16N4O2. The molecule has 1 amide bonds. The number of carbonyl (C=O) groups is 1. The molecule has 0 aliphatic heterocycles. The van der Waals surface area contributed by atoms with Crippen LogP contribution in [0.2, 0.25) is 0 Å². The zero-order valence-corrected chi connectivity index (χ0v) is 10.7. The van der Waals surface area contributed by atoms with Crippen molar-refractivity contribution < 1.29 is 9.32 Å². The van der Waals surface area contributed by atoms with E-state index in [-0.39, 0.29) is 5.91 Å². The van der Waals surface area contributed by atoms with Crippen molar-refractivity contribution in [3.05, 3.63) is 47.6 Å². The number of nitrogens with zero attached hydrogens (tertiary/aromatic N) is 2. The highest BCUT2D eigenvalue weighted by atomic mass is 16.5. The highest BCUT2D eigenvalue weighted by Crippen LogP contribution is 2.09. The highest BCUT2D eigenvalue weighted by Gasteiger charge is 2.15. The summed E-state index contributed by atoms with van der Waals surface area (Å²) in [7, 11) is 0. The topological polar surface area (TPSA) is 94.0 Å². The molecule has 0 saturated heterocycles. The van der Waals surface area contributed by atoms with Gasteiger partial charge < -0.3 is 15.6 Å². The molecule has 3 N–H and O–H groups in total. The van der Waals surface area contributed by atoms with Crippen LogP contribution in [0.3, 0.4) is 0 Å². The van der Waals surface area contributed by atoms with Gasteiger partial charge >= 0.3 is 0 Å². The smallest absolute Gasteiger partial charge is 0.241 e. The number of hydrogen-bond acceptors (Lipinski definition) is 5. The molecule has 1 aromatic heterocycles. The molecule has 6 heteroatoms. The van der Waals surface area contributed by atoms with Gasteiger partial charge in [-0.05, 0) is 12.5 Å². The molecule has 19 heavy (non-hydrogen) atoms. The van der Waals surface area contributed by atoms with E-state index in [4.69, 9.17) is 10.3 Å². The summed E-state index contributed by atoms with van der Waals surface area (Å²) >= 11 is 0. The number of carbonyl (C=O) groups excluding carboxylic acids is 1. The number of nitrogens with two attached hydrogens (primary N) is 1.